The van der Waals surface area contributed by atoms with Gasteiger partial charge in [0.1, 0.15) is 23.8 Å². The molecule has 0 radical (unpaired) electrons. The average Bonchev–Trinajstić information content (AvgIpc) is 3.38. The fraction of sp³-hybridized carbons (Fsp3) is 0.694. The summed E-state index contributed by atoms with van der Waals surface area (Å²) in [5.74, 6) is 0.660. The topological polar surface area (TPSA) is 138 Å². The van der Waals surface area contributed by atoms with Crippen LogP contribution in [0.15, 0.2) is 24.5 Å². The minimum atomic E-state index is -4.53. The summed E-state index contributed by atoms with van der Waals surface area (Å²) < 4.78 is 45.8. The van der Waals surface area contributed by atoms with E-state index in [1.54, 1.807) is 0 Å². The van der Waals surface area contributed by atoms with Crippen LogP contribution in [-0.2, 0) is 20.5 Å². The Bertz CT molecular complexity index is 1510. The monoisotopic (exact) mass is 703 g/mol. The van der Waals surface area contributed by atoms with Gasteiger partial charge in [-0.2, -0.15) is 13.2 Å². The van der Waals surface area contributed by atoms with Gasteiger partial charge in [0.15, 0.2) is 0 Å². The third kappa shape index (κ3) is 9.97. The van der Waals surface area contributed by atoms with E-state index in [2.05, 4.69) is 45.1 Å². The molecule has 3 amide bonds. The van der Waals surface area contributed by atoms with Crippen LogP contribution in [0.1, 0.15) is 98.0 Å². The first-order valence-electron chi connectivity index (χ1n) is 18.0. The summed E-state index contributed by atoms with van der Waals surface area (Å²) in [6.07, 6.45) is 2.62. The van der Waals surface area contributed by atoms with Gasteiger partial charge in [-0.25, -0.2) is 14.8 Å². The molecule has 2 aliphatic carbocycles. The number of nitrogens with one attached hydrogen (secondary N) is 4. The number of nitrogens with zero attached hydrogens (tertiary/aromatic N) is 3. The molecule has 11 nitrogen and oxygen atoms in total. The highest BCUT2D eigenvalue weighted by Gasteiger charge is 2.43. The van der Waals surface area contributed by atoms with Crippen molar-refractivity contribution in [1.82, 2.24) is 30.8 Å². The predicted octanol–water partition coefficient (Wildman–Crippen LogP) is 5.79. The molecule has 1 saturated heterocycles. The normalized spacial score (nSPS) is 26.3. The maximum Gasteiger partial charge on any atom is 0.416 e. The number of aromatic nitrogens is 2. The van der Waals surface area contributed by atoms with E-state index in [0.717, 1.165) is 50.8 Å². The predicted molar refractivity (Wildman–Crippen MR) is 184 cm³/mol. The first-order chi connectivity index (χ1) is 23.6. The van der Waals surface area contributed by atoms with Gasteiger partial charge < -0.3 is 30.9 Å². The molecule has 1 aromatic carbocycles. The van der Waals surface area contributed by atoms with Gasteiger partial charge in [0.2, 0.25) is 11.8 Å². The second-order valence-corrected chi connectivity index (χ2v) is 15.6. The van der Waals surface area contributed by atoms with Crippen molar-refractivity contribution >= 4 is 34.6 Å². The second kappa shape index (κ2) is 15.7. The van der Waals surface area contributed by atoms with Crippen molar-refractivity contribution in [3.8, 4) is 0 Å². The summed E-state index contributed by atoms with van der Waals surface area (Å²) in [5.41, 5.74) is -1.03. The molecular formula is C36H52F3N7O4. The molecule has 2 saturated carbocycles. The maximum absolute atomic E-state index is 13.9. The lowest BCUT2D eigenvalue weighted by Crippen LogP contribution is -2.58. The lowest BCUT2D eigenvalue weighted by Gasteiger charge is -2.42. The molecule has 50 heavy (non-hydrogen) atoms. The van der Waals surface area contributed by atoms with Crippen LogP contribution in [0.25, 0.3) is 10.9 Å². The number of carbonyl (C=O) groups excluding carboxylic acids is 3. The molecule has 0 spiro atoms. The summed E-state index contributed by atoms with van der Waals surface area (Å²) in [6.45, 7) is 11.1. The molecule has 4 N–H and O–H groups in total. The number of likely N-dealkylation sites (tertiary alicyclic amines) is 1. The Kier molecular flexibility index (Phi) is 11.8. The molecule has 4 atom stereocenters. The first kappa shape index (κ1) is 37.6. The number of hydrogen-bond acceptors (Lipinski definition) is 8. The second-order valence-electron chi connectivity index (χ2n) is 15.6. The molecule has 1 aromatic heterocycles. The molecule has 2 aromatic rings. The number of hydrogen-bond donors (Lipinski definition) is 4. The maximum atomic E-state index is 13.9. The molecule has 1 aliphatic heterocycles. The zero-order valence-corrected chi connectivity index (χ0v) is 29.7. The van der Waals surface area contributed by atoms with Gasteiger partial charge in [0.05, 0.1) is 23.2 Å². The van der Waals surface area contributed by atoms with Crippen LogP contribution in [0, 0.1) is 11.8 Å². The smallest absolute Gasteiger partial charge is 0.416 e. The number of alkyl carbamates (subject to hydrolysis) is 1. The molecule has 14 heteroatoms. The van der Waals surface area contributed by atoms with Gasteiger partial charge in [-0.3, -0.25) is 9.59 Å². The lowest BCUT2D eigenvalue weighted by atomic mass is 9.83. The molecule has 3 fully saturated rings. The van der Waals surface area contributed by atoms with Crippen molar-refractivity contribution in [2.24, 2.45) is 11.8 Å². The zero-order chi connectivity index (χ0) is 36.2. The standard InChI is InChI=1S/C36H52F3N7O4/c1-21(2)19-40-25-11-13-30(29(18-25)44-31(47)16-22-6-9-24(10-7-22)43-34(49)50-35(3,4)5)46-15-14-28(33(46)48)45-32-26-17-23(36(37,38)39)8-12-27(26)41-20-42-32/h8,12,17,20-22,24-25,28-30,40H,6-7,9-11,13-16,18-19H2,1-5H3,(H,43,49)(H,44,47)(H,41,42,45)/t22?,24?,25-,28+,29-,30+/m1/s1. The summed E-state index contributed by atoms with van der Waals surface area (Å²) in [5, 5.41) is 13.2. The Labute approximate surface area is 292 Å². The van der Waals surface area contributed by atoms with E-state index < -0.39 is 29.5 Å². The molecule has 0 bridgehead atoms. The van der Waals surface area contributed by atoms with E-state index in [1.807, 2.05) is 25.7 Å². The fourth-order valence-corrected chi connectivity index (χ4v) is 7.46. The Hall–Kier alpha value is -3.68. The van der Waals surface area contributed by atoms with Crippen molar-refractivity contribution in [3.63, 3.8) is 0 Å². The van der Waals surface area contributed by atoms with Crippen LogP contribution >= 0.6 is 0 Å². The third-order valence-corrected chi connectivity index (χ3v) is 9.93. The number of anilines is 1. The van der Waals surface area contributed by atoms with Crippen molar-refractivity contribution in [2.45, 2.75) is 134 Å². The van der Waals surface area contributed by atoms with Crippen LogP contribution in [0.3, 0.4) is 0 Å². The molecule has 3 aliphatic rings. The average molecular weight is 704 g/mol. The Morgan fingerprint density at radius 3 is 2.38 bits per heavy atom. The number of fused-ring (bicyclic) bond motifs is 1. The fourth-order valence-electron chi connectivity index (χ4n) is 7.46. The van der Waals surface area contributed by atoms with Crippen LogP contribution in [-0.4, -0.2) is 81.7 Å². The quantitative estimate of drug-likeness (QED) is 0.244. The van der Waals surface area contributed by atoms with Crippen LogP contribution in [0.2, 0.25) is 0 Å². The minimum Gasteiger partial charge on any atom is -0.444 e. The van der Waals surface area contributed by atoms with Crippen LogP contribution < -0.4 is 21.3 Å². The highest BCUT2D eigenvalue weighted by atomic mass is 19.4. The number of alkyl halides is 3. The largest absolute Gasteiger partial charge is 0.444 e. The van der Waals surface area contributed by atoms with Crippen molar-refractivity contribution < 1.29 is 32.3 Å². The SMILES string of the molecule is CC(C)CN[C@@H]1CC[C@H](N2CC[C@H](Nc3ncnc4ccc(C(F)(F)F)cc34)C2=O)[C@H](NC(=O)CC2CCC(NC(=O)OC(C)(C)C)CC2)C1. The highest BCUT2D eigenvalue weighted by molar-refractivity contribution is 5.93. The van der Waals surface area contributed by atoms with E-state index >= 15 is 0 Å². The van der Waals surface area contributed by atoms with Gasteiger partial charge in [0, 0.05) is 30.4 Å². The van der Waals surface area contributed by atoms with Crippen molar-refractivity contribution in [2.75, 3.05) is 18.4 Å². The number of halogens is 3. The number of rotatable bonds is 10. The van der Waals surface area contributed by atoms with Crippen LogP contribution in [0.4, 0.5) is 23.8 Å². The van der Waals surface area contributed by atoms with Gasteiger partial charge in [-0.05, 0) is 109 Å². The molecule has 0 unspecified atom stereocenters. The highest BCUT2D eigenvalue weighted by Crippen LogP contribution is 2.34. The summed E-state index contributed by atoms with van der Waals surface area (Å²) in [4.78, 5) is 49.7. The zero-order valence-electron chi connectivity index (χ0n) is 29.7. The molecular weight excluding hydrogens is 651 g/mol. The number of benzene rings is 1. The summed E-state index contributed by atoms with van der Waals surface area (Å²) >= 11 is 0. The third-order valence-electron chi connectivity index (χ3n) is 9.93. The van der Waals surface area contributed by atoms with E-state index in [1.165, 1.54) is 12.4 Å². The molecule has 5 rings (SSSR count). The van der Waals surface area contributed by atoms with Gasteiger partial charge in [0.25, 0.3) is 0 Å². The number of ether oxygens (including phenoxy) is 1. The summed E-state index contributed by atoms with van der Waals surface area (Å²) in [7, 11) is 0. The Morgan fingerprint density at radius 2 is 1.70 bits per heavy atom. The summed E-state index contributed by atoms with van der Waals surface area (Å²) in [6, 6.07) is 2.41. The number of carbonyl (C=O) groups is 3. The van der Waals surface area contributed by atoms with E-state index in [9.17, 15) is 27.6 Å². The van der Waals surface area contributed by atoms with Crippen molar-refractivity contribution in [1.29, 1.82) is 0 Å². The van der Waals surface area contributed by atoms with Crippen molar-refractivity contribution in [3.05, 3.63) is 30.1 Å². The molecule has 276 valence electrons. The van der Waals surface area contributed by atoms with Gasteiger partial charge in [-0.15, -0.1) is 0 Å². The Morgan fingerprint density at radius 1 is 0.980 bits per heavy atom. The van der Waals surface area contributed by atoms with Gasteiger partial charge in [-0.1, -0.05) is 13.8 Å². The van der Waals surface area contributed by atoms with Gasteiger partial charge >= 0.3 is 12.3 Å². The van der Waals surface area contributed by atoms with E-state index in [-0.39, 0.29) is 53.1 Å². The lowest BCUT2D eigenvalue weighted by molar-refractivity contribution is -0.137. The van der Waals surface area contributed by atoms with Crippen LogP contribution in [0.5, 0.6) is 0 Å². The number of amides is 3. The molecule has 2 heterocycles. The van der Waals surface area contributed by atoms with E-state index in [0.29, 0.717) is 43.7 Å². The minimum absolute atomic E-state index is 0.0226. The Balaban J connectivity index is 1.21. The first-order valence-corrected chi connectivity index (χ1v) is 18.0. The van der Waals surface area contributed by atoms with E-state index in [4.69, 9.17) is 4.74 Å².